The molecule has 4 N–H and O–H groups in total. The second kappa shape index (κ2) is 5.92. The van der Waals surface area contributed by atoms with Gasteiger partial charge in [0.2, 0.25) is 0 Å². The Morgan fingerprint density at radius 3 is 2.60 bits per heavy atom. The predicted molar refractivity (Wildman–Crippen MR) is 80.8 cm³/mol. The van der Waals surface area contributed by atoms with Crippen LogP contribution in [0.2, 0.25) is 0 Å². The monoisotopic (exact) mass is 272 g/mol. The van der Waals surface area contributed by atoms with Gasteiger partial charge in [-0.2, -0.15) is 0 Å². The molecule has 0 fully saturated rings. The van der Waals surface area contributed by atoms with Gasteiger partial charge in [-0.1, -0.05) is 44.2 Å². The van der Waals surface area contributed by atoms with Crippen molar-refractivity contribution in [2.45, 2.75) is 19.9 Å². The number of carbonyl (C=O) groups is 1. The minimum Gasteiger partial charge on any atom is -0.506 e. The predicted octanol–water partition coefficient (Wildman–Crippen LogP) is 2.26. The number of fused-ring (bicyclic) bond motifs is 1. The van der Waals surface area contributed by atoms with E-state index in [1.54, 1.807) is 12.1 Å². The summed E-state index contributed by atoms with van der Waals surface area (Å²) in [7, 11) is 0. The Balaban J connectivity index is 2.33. The minimum atomic E-state index is -0.294. The number of rotatable bonds is 4. The van der Waals surface area contributed by atoms with Crippen molar-refractivity contribution in [3.05, 3.63) is 42.0 Å². The van der Waals surface area contributed by atoms with Crippen LogP contribution in [0.5, 0.6) is 5.75 Å². The standard InChI is InChI=1S/C16H20N2O2/c1-10(2)14(9-17)18-16(20)13-8-7-11-5-3-4-6-12(11)15(13)19/h3-8,10,14,19H,9,17H2,1-2H3,(H,18,20). The largest absolute Gasteiger partial charge is 0.506 e. The fraction of sp³-hybridized carbons (Fsp3) is 0.312. The van der Waals surface area contributed by atoms with Crippen LogP contribution in [0.1, 0.15) is 24.2 Å². The molecule has 2 aromatic rings. The van der Waals surface area contributed by atoms with E-state index in [-0.39, 0.29) is 29.2 Å². The van der Waals surface area contributed by atoms with Crippen LogP contribution in [0.15, 0.2) is 36.4 Å². The van der Waals surface area contributed by atoms with Crippen LogP contribution in [0, 0.1) is 5.92 Å². The summed E-state index contributed by atoms with van der Waals surface area (Å²) >= 11 is 0. The second-order valence-corrected chi connectivity index (χ2v) is 5.24. The average Bonchev–Trinajstić information content (AvgIpc) is 2.44. The molecule has 2 aromatic carbocycles. The normalized spacial score (nSPS) is 12.6. The highest BCUT2D eigenvalue weighted by molar-refractivity contribution is 6.03. The molecule has 0 saturated heterocycles. The van der Waals surface area contributed by atoms with Crippen molar-refractivity contribution in [3.8, 4) is 5.75 Å². The Bertz CT molecular complexity index is 623. The van der Waals surface area contributed by atoms with Crippen LogP contribution in [-0.4, -0.2) is 23.6 Å². The first-order valence-electron chi connectivity index (χ1n) is 6.76. The van der Waals surface area contributed by atoms with Gasteiger partial charge < -0.3 is 16.2 Å². The summed E-state index contributed by atoms with van der Waals surface area (Å²) in [6.45, 7) is 4.37. The third kappa shape index (κ3) is 2.75. The summed E-state index contributed by atoms with van der Waals surface area (Å²) in [5, 5.41) is 14.7. The van der Waals surface area contributed by atoms with Crippen molar-refractivity contribution in [2.24, 2.45) is 11.7 Å². The smallest absolute Gasteiger partial charge is 0.255 e. The first-order valence-corrected chi connectivity index (χ1v) is 6.76. The van der Waals surface area contributed by atoms with E-state index in [0.717, 1.165) is 5.39 Å². The fourth-order valence-corrected chi connectivity index (χ4v) is 2.18. The van der Waals surface area contributed by atoms with Crippen molar-refractivity contribution >= 4 is 16.7 Å². The zero-order valence-corrected chi connectivity index (χ0v) is 11.8. The first-order chi connectivity index (χ1) is 9.54. The van der Waals surface area contributed by atoms with Crippen LogP contribution in [0.3, 0.4) is 0 Å². The van der Waals surface area contributed by atoms with Crippen LogP contribution in [0.25, 0.3) is 10.8 Å². The lowest BCUT2D eigenvalue weighted by atomic mass is 10.0. The summed E-state index contributed by atoms with van der Waals surface area (Å²) in [4.78, 5) is 12.3. The Hall–Kier alpha value is -2.07. The van der Waals surface area contributed by atoms with Gasteiger partial charge in [0.15, 0.2) is 0 Å². The molecule has 4 nitrogen and oxygen atoms in total. The van der Waals surface area contributed by atoms with Gasteiger partial charge >= 0.3 is 0 Å². The molecule has 0 radical (unpaired) electrons. The number of phenols is 1. The molecule has 4 heteroatoms. The third-order valence-electron chi connectivity index (χ3n) is 3.52. The SMILES string of the molecule is CC(C)C(CN)NC(=O)c1ccc2ccccc2c1O. The van der Waals surface area contributed by atoms with Crippen LogP contribution < -0.4 is 11.1 Å². The van der Waals surface area contributed by atoms with Gasteiger partial charge in [-0.05, 0) is 17.4 Å². The molecule has 1 atom stereocenters. The molecule has 0 saturated carbocycles. The van der Waals surface area contributed by atoms with Gasteiger partial charge in [0, 0.05) is 18.0 Å². The number of carbonyl (C=O) groups excluding carboxylic acids is 1. The number of nitrogens with two attached hydrogens (primary N) is 1. The zero-order valence-electron chi connectivity index (χ0n) is 11.8. The number of phenolic OH excluding ortho intramolecular Hbond substituents is 1. The van der Waals surface area contributed by atoms with Crippen molar-refractivity contribution in [2.75, 3.05) is 6.54 Å². The number of benzene rings is 2. The molecule has 1 amide bonds. The Labute approximate surface area is 118 Å². The van der Waals surface area contributed by atoms with Crippen molar-refractivity contribution in [3.63, 3.8) is 0 Å². The van der Waals surface area contributed by atoms with E-state index in [4.69, 9.17) is 5.73 Å². The maximum Gasteiger partial charge on any atom is 0.255 e. The molecule has 20 heavy (non-hydrogen) atoms. The van der Waals surface area contributed by atoms with Gasteiger partial charge in [-0.25, -0.2) is 0 Å². The van der Waals surface area contributed by atoms with E-state index in [9.17, 15) is 9.90 Å². The average molecular weight is 272 g/mol. The highest BCUT2D eigenvalue weighted by Gasteiger charge is 2.18. The molecule has 1 unspecified atom stereocenters. The maximum absolute atomic E-state index is 12.3. The highest BCUT2D eigenvalue weighted by atomic mass is 16.3. The van der Waals surface area contributed by atoms with E-state index in [0.29, 0.717) is 11.9 Å². The molecule has 0 bridgehead atoms. The molecular weight excluding hydrogens is 252 g/mol. The second-order valence-electron chi connectivity index (χ2n) is 5.24. The number of hydrogen-bond acceptors (Lipinski definition) is 3. The molecule has 0 aliphatic heterocycles. The molecule has 0 aliphatic carbocycles. The lowest BCUT2D eigenvalue weighted by Crippen LogP contribution is -2.43. The third-order valence-corrected chi connectivity index (χ3v) is 3.52. The molecule has 0 heterocycles. The molecule has 0 spiro atoms. The number of aromatic hydroxyl groups is 1. The summed E-state index contributed by atoms with van der Waals surface area (Å²) in [6, 6.07) is 10.8. The van der Waals surface area contributed by atoms with Gasteiger partial charge in [0.25, 0.3) is 5.91 Å². The van der Waals surface area contributed by atoms with E-state index < -0.39 is 0 Å². The quantitative estimate of drug-likeness (QED) is 0.799. The summed E-state index contributed by atoms with van der Waals surface area (Å²) in [6.07, 6.45) is 0. The lowest BCUT2D eigenvalue weighted by molar-refractivity contribution is 0.0925. The highest BCUT2D eigenvalue weighted by Crippen LogP contribution is 2.28. The van der Waals surface area contributed by atoms with Crippen LogP contribution in [-0.2, 0) is 0 Å². The Kier molecular flexibility index (Phi) is 4.25. The molecule has 0 aromatic heterocycles. The van der Waals surface area contributed by atoms with Crippen LogP contribution in [0.4, 0.5) is 0 Å². The Morgan fingerprint density at radius 2 is 1.95 bits per heavy atom. The molecule has 106 valence electrons. The van der Waals surface area contributed by atoms with E-state index in [1.165, 1.54) is 0 Å². The van der Waals surface area contributed by atoms with E-state index in [1.807, 2.05) is 38.1 Å². The van der Waals surface area contributed by atoms with E-state index in [2.05, 4.69) is 5.32 Å². The molecular formula is C16H20N2O2. The van der Waals surface area contributed by atoms with Gasteiger partial charge in [0.05, 0.1) is 5.56 Å². The Morgan fingerprint density at radius 1 is 1.25 bits per heavy atom. The minimum absolute atomic E-state index is 0.0140. The van der Waals surface area contributed by atoms with Crippen molar-refractivity contribution in [1.82, 2.24) is 5.32 Å². The van der Waals surface area contributed by atoms with Crippen molar-refractivity contribution < 1.29 is 9.90 Å². The first kappa shape index (κ1) is 14.3. The lowest BCUT2D eigenvalue weighted by Gasteiger charge is -2.21. The fourth-order valence-electron chi connectivity index (χ4n) is 2.18. The number of nitrogens with one attached hydrogen (secondary N) is 1. The van der Waals surface area contributed by atoms with Gasteiger partial charge in [-0.15, -0.1) is 0 Å². The van der Waals surface area contributed by atoms with Crippen molar-refractivity contribution in [1.29, 1.82) is 0 Å². The topological polar surface area (TPSA) is 75.3 Å². The van der Waals surface area contributed by atoms with Gasteiger partial charge in [0.1, 0.15) is 5.75 Å². The summed E-state index contributed by atoms with van der Waals surface area (Å²) in [5.41, 5.74) is 5.93. The summed E-state index contributed by atoms with van der Waals surface area (Å²) in [5.74, 6) is -0.0379. The number of amides is 1. The van der Waals surface area contributed by atoms with Crippen LogP contribution >= 0.6 is 0 Å². The van der Waals surface area contributed by atoms with Gasteiger partial charge in [-0.3, -0.25) is 4.79 Å². The number of hydrogen-bond donors (Lipinski definition) is 3. The molecule has 2 rings (SSSR count). The summed E-state index contributed by atoms with van der Waals surface area (Å²) < 4.78 is 0. The maximum atomic E-state index is 12.3. The van der Waals surface area contributed by atoms with E-state index >= 15 is 0 Å². The molecule has 0 aliphatic rings. The zero-order chi connectivity index (χ0) is 14.7.